The SMILES string of the molecule is CC(C)C(=O)NCc1ccc(Cl)c(C2NC(=O)CC(c3ccc(OC(F)(F)F)cc3F)N2)c1. The van der Waals surface area contributed by atoms with Gasteiger partial charge in [-0.3, -0.25) is 14.9 Å². The van der Waals surface area contributed by atoms with Gasteiger partial charge in [-0.25, -0.2) is 4.39 Å². The number of alkyl halides is 3. The van der Waals surface area contributed by atoms with Crippen molar-refractivity contribution < 1.29 is 31.9 Å². The molecule has 0 spiro atoms. The van der Waals surface area contributed by atoms with Crippen LogP contribution in [0.4, 0.5) is 17.6 Å². The molecule has 2 amide bonds. The van der Waals surface area contributed by atoms with E-state index in [1.807, 2.05) is 0 Å². The highest BCUT2D eigenvalue weighted by Crippen LogP contribution is 2.33. The molecule has 2 aromatic rings. The Bertz CT molecular complexity index is 1050. The number of amides is 2. The molecule has 6 nitrogen and oxygen atoms in total. The van der Waals surface area contributed by atoms with Crippen molar-refractivity contribution in [2.75, 3.05) is 0 Å². The molecule has 1 saturated heterocycles. The topological polar surface area (TPSA) is 79.5 Å². The lowest BCUT2D eigenvalue weighted by molar-refractivity contribution is -0.274. The van der Waals surface area contributed by atoms with E-state index >= 15 is 0 Å². The van der Waals surface area contributed by atoms with E-state index in [9.17, 15) is 27.2 Å². The molecule has 178 valence electrons. The van der Waals surface area contributed by atoms with E-state index < -0.39 is 36.0 Å². The molecule has 0 aliphatic carbocycles. The van der Waals surface area contributed by atoms with Crippen LogP contribution in [0.2, 0.25) is 5.02 Å². The summed E-state index contributed by atoms with van der Waals surface area (Å²) in [5.41, 5.74) is 1.26. The summed E-state index contributed by atoms with van der Waals surface area (Å²) in [7, 11) is 0. The van der Waals surface area contributed by atoms with E-state index in [-0.39, 0.29) is 30.4 Å². The molecular formula is C22H22ClF4N3O3. The summed E-state index contributed by atoms with van der Waals surface area (Å²) in [6.45, 7) is 3.79. The quantitative estimate of drug-likeness (QED) is 0.524. The zero-order chi connectivity index (χ0) is 24.3. The lowest BCUT2D eigenvalue weighted by atomic mass is 9.97. The van der Waals surface area contributed by atoms with Crippen LogP contribution >= 0.6 is 11.6 Å². The van der Waals surface area contributed by atoms with Crippen molar-refractivity contribution >= 4 is 23.4 Å². The number of hydrogen-bond acceptors (Lipinski definition) is 4. The Kier molecular flexibility index (Phi) is 7.48. The van der Waals surface area contributed by atoms with Crippen molar-refractivity contribution in [3.8, 4) is 5.75 Å². The van der Waals surface area contributed by atoms with Crippen molar-refractivity contribution in [1.82, 2.24) is 16.0 Å². The molecule has 0 saturated carbocycles. The van der Waals surface area contributed by atoms with E-state index in [0.717, 1.165) is 17.7 Å². The zero-order valence-electron chi connectivity index (χ0n) is 17.7. The summed E-state index contributed by atoms with van der Waals surface area (Å²) >= 11 is 6.32. The minimum atomic E-state index is -4.95. The predicted molar refractivity (Wildman–Crippen MR) is 113 cm³/mol. The van der Waals surface area contributed by atoms with E-state index in [4.69, 9.17) is 11.6 Å². The standard InChI is InChI=1S/C22H22ClF4N3O3/c1-11(2)21(32)28-10-12-3-6-16(23)15(7-12)20-29-18(9-19(31)30-20)14-5-4-13(8-17(14)24)33-22(25,26)27/h3-8,11,18,20,29H,9-10H2,1-2H3,(H,28,32)(H,30,31). The van der Waals surface area contributed by atoms with Gasteiger partial charge in [-0.2, -0.15) is 0 Å². The van der Waals surface area contributed by atoms with Crippen molar-refractivity contribution in [2.24, 2.45) is 5.92 Å². The maximum absolute atomic E-state index is 14.6. The molecule has 3 rings (SSSR count). The summed E-state index contributed by atoms with van der Waals surface area (Å²) in [5.74, 6) is -2.34. The zero-order valence-corrected chi connectivity index (χ0v) is 18.5. The second-order valence-corrected chi connectivity index (χ2v) is 8.29. The Hall–Kier alpha value is -2.85. The van der Waals surface area contributed by atoms with Crippen LogP contribution in [0.1, 0.15) is 49.2 Å². The largest absolute Gasteiger partial charge is 0.573 e. The first-order chi connectivity index (χ1) is 15.4. The molecule has 0 radical (unpaired) electrons. The van der Waals surface area contributed by atoms with Gasteiger partial charge in [0, 0.05) is 47.1 Å². The van der Waals surface area contributed by atoms with Crippen LogP contribution in [0, 0.1) is 11.7 Å². The fraction of sp³-hybridized carbons (Fsp3) is 0.364. The molecule has 1 aliphatic rings. The van der Waals surface area contributed by atoms with Crippen LogP contribution in [0.25, 0.3) is 0 Å². The Morgan fingerprint density at radius 1 is 1.21 bits per heavy atom. The summed E-state index contributed by atoms with van der Waals surface area (Å²) in [5, 5.41) is 8.92. The van der Waals surface area contributed by atoms with Gasteiger partial charge in [-0.05, 0) is 23.8 Å². The van der Waals surface area contributed by atoms with Gasteiger partial charge >= 0.3 is 6.36 Å². The van der Waals surface area contributed by atoms with Gasteiger partial charge in [0.15, 0.2) is 0 Å². The van der Waals surface area contributed by atoms with Crippen LogP contribution in [-0.4, -0.2) is 18.2 Å². The summed E-state index contributed by atoms with van der Waals surface area (Å²) < 4.78 is 55.4. The second-order valence-electron chi connectivity index (χ2n) is 7.88. The van der Waals surface area contributed by atoms with Crippen LogP contribution in [0.15, 0.2) is 36.4 Å². The van der Waals surface area contributed by atoms with E-state index in [2.05, 4.69) is 20.7 Å². The predicted octanol–water partition coefficient (Wildman–Crippen LogP) is 4.50. The Labute approximate surface area is 192 Å². The van der Waals surface area contributed by atoms with Gasteiger partial charge in [0.25, 0.3) is 0 Å². The Morgan fingerprint density at radius 2 is 1.94 bits per heavy atom. The molecule has 1 heterocycles. The van der Waals surface area contributed by atoms with Gasteiger partial charge < -0.3 is 15.4 Å². The number of hydrogen-bond donors (Lipinski definition) is 3. The maximum atomic E-state index is 14.6. The fourth-order valence-corrected chi connectivity index (χ4v) is 3.61. The molecule has 1 fully saturated rings. The van der Waals surface area contributed by atoms with Crippen LogP contribution < -0.4 is 20.7 Å². The molecule has 0 aromatic heterocycles. The van der Waals surface area contributed by atoms with Crippen molar-refractivity contribution in [3.63, 3.8) is 0 Å². The first-order valence-corrected chi connectivity index (χ1v) is 10.5. The van der Waals surface area contributed by atoms with Gasteiger partial charge in [-0.1, -0.05) is 37.6 Å². The highest BCUT2D eigenvalue weighted by Gasteiger charge is 2.33. The Morgan fingerprint density at radius 3 is 2.58 bits per heavy atom. The third-order valence-corrected chi connectivity index (χ3v) is 5.35. The number of rotatable bonds is 6. The molecule has 33 heavy (non-hydrogen) atoms. The molecule has 1 aliphatic heterocycles. The smallest absolute Gasteiger partial charge is 0.406 e. The molecule has 2 unspecified atom stereocenters. The highest BCUT2D eigenvalue weighted by molar-refractivity contribution is 6.31. The third-order valence-electron chi connectivity index (χ3n) is 5.01. The number of benzene rings is 2. The average molecular weight is 488 g/mol. The highest BCUT2D eigenvalue weighted by atomic mass is 35.5. The van der Waals surface area contributed by atoms with E-state index in [1.165, 1.54) is 0 Å². The molecule has 0 bridgehead atoms. The van der Waals surface area contributed by atoms with Gasteiger partial charge in [0.1, 0.15) is 17.7 Å². The second kappa shape index (κ2) is 9.96. The monoisotopic (exact) mass is 487 g/mol. The minimum absolute atomic E-state index is 0.0147. The van der Waals surface area contributed by atoms with Crippen LogP contribution in [0.5, 0.6) is 5.75 Å². The summed E-state index contributed by atoms with van der Waals surface area (Å²) in [4.78, 5) is 24.2. The first kappa shape index (κ1) is 24.8. The van der Waals surface area contributed by atoms with Crippen LogP contribution in [0.3, 0.4) is 0 Å². The fourth-order valence-electron chi connectivity index (χ4n) is 3.38. The van der Waals surface area contributed by atoms with Crippen molar-refractivity contribution in [3.05, 3.63) is 63.9 Å². The average Bonchev–Trinajstić information content (AvgIpc) is 2.71. The molecule has 2 atom stereocenters. The minimum Gasteiger partial charge on any atom is -0.406 e. The molecule has 3 N–H and O–H groups in total. The van der Waals surface area contributed by atoms with Gasteiger partial charge in [-0.15, -0.1) is 13.2 Å². The first-order valence-electron chi connectivity index (χ1n) is 10.1. The van der Waals surface area contributed by atoms with Gasteiger partial charge in [0.05, 0.1) is 0 Å². The summed E-state index contributed by atoms with van der Waals surface area (Å²) in [6.07, 6.45) is -5.86. The van der Waals surface area contributed by atoms with Gasteiger partial charge in [0.2, 0.25) is 11.8 Å². The lowest BCUT2D eigenvalue weighted by Crippen LogP contribution is -2.47. The van der Waals surface area contributed by atoms with E-state index in [0.29, 0.717) is 16.7 Å². The molecular weight excluding hydrogens is 466 g/mol. The van der Waals surface area contributed by atoms with E-state index in [1.54, 1.807) is 32.0 Å². The number of halogens is 5. The number of carbonyl (C=O) groups is 2. The molecule has 11 heteroatoms. The Balaban J connectivity index is 1.80. The van der Waals surface area contributed by atoms with Crippen molar-refractivity contribution in [1.29, 1.82) is 0 Å². The third kappa shape index (κ3) is 6.58. The number of nitrogens with one attached hydrogen (secondary N) is 3. The lowest BCUT2D eigenvalue weighted by Gasteiger charge is -2.33. The number of carbonyl (C=O) groups excluding carboxylic acids is 2. The summed E-state index contributed by atoms with van der Waals surface area (Å²) in [6, 6.07) is 6.99. The number of ether oxygens (including phenoxy) is 1. The van der Waals surface area contributed by atoms with Crippen molar-refractivity contribution in [2.45, 2.75) is 45.4 Å². The van der Waals surface area contributed by atoms with Crippen LogP contribution in [-0.2, 0) is 16.1 Å². The maximum Gasteiger partial charge on any atom is 0.573 e. The molecule has 2 aromatic carbocycles. The normalized spacial score (nSPS) is 18.7.